The lowest BCUT2D eigenvalue weighted by Crippen LogP contribution is -2.42. The Kier molecular flexibility index (Phi) is 4.68. The first kappa shape index (κ1) is 17.7. The molecule has 5 heteroatoms. The van der Waals surface area contributed by atoms with E-state index in [2.05, 4.69) is 46.6 Å². The molecule has 1 aliphatic carbocycles. The quantitative estimate of drug-likeness (QED) is 0.764. The summed E-state index contributed by atoms with van der Waals surface area (Å²) in [6, 6.07) is 10.4. The standard InChI is InChI=1S/C22H26N4O/c1-16-9-4-5-10-18(16)22(11-6-3-7-12-22)15-24-21(27)19-17(2)25-26-14-8-13-23-20(19)26/h4-5,8-10,13-14H,3,6-7,11-12,15H2,1-2H3,(H,24,27). The molecular weight excluding hydrogens is 336 g/mol. The summed E-state index contributed by atoms with van der Waals surface area (Å²) in [7, 11) is 0. The second kappa shape index (κ2) is 7.14. The summed E-state index contributed by atoms with van der Waals surface area (Å²) >= 11 is 0. The van der Waals surface area contributed by atoms with E-state index in [1.54, 1.807) is 10.7 Å². The Morgan fingerprint density at radius 3 is 2.70 bits per heavy atom. The largest absolute Gasteiger partial charge is 0.351 e. The highest BCUT2D eigenvalue weighted by Gasteiger charge is 2.35. The summed E-state index contributed by atoms with van der Waals surface area (Å²) in [4.78, 5) is 17.4. The molecule has 0 aliphatic heterocycles. The molecule has 0 atom stereocenters. The van der Waals surface area contributed by atoms with Crippen LogP contribution in [0.3, 0.4) is 0 Å². The minimum absolute atomic E-state index is 0.0174. The van der Waals surface area contributed by atoms with E-state index in [1.165, 1.54) is 30.4 Å². The van der Waals surface area contributed by atoms with Crippen molar-refractivity contribution >= 4 is 11.6 Å². The van der Waals surface area contributed by atoms with Crippen LogP contribution in [-0.2, 0) is 5.41 Å². The molecule has 2 heterocycles. The first-order valence-corrected chi connectivity index (χ1v) is 9.75. The molecule has 140 valence electrons. The summed E-state index contributed by atoms with van der Waals surface area (Å²) in [6.45, 7) is 4.69. The van der Waals surface area contributed by atoms with E-state index < -0.39 is 0 Å². The van der Waals surface area contributed by atoms with Crippen LogP contribution < -0.4 is 5.32 Å². The average Bonchev–Trinajstić information content (AvgIpc) is 3.03. The monoisotopic (exact) mass is 362 g/mol. The fraction of sp³-hybridized carbons (Fsp3) is 0.409. The molecule has 3 aromatic rings. The number of carbonyl (C=O) groups excluding carboxylic acids is 1. The van der Waals surface area contributed by atoms with E-state index >= 15 is 0 Å². The van der Waals surface area contributed by atoms with Gasteiger partial charge in [-0.1, -0.05) is 43.5 Å². The van der Waals surface area contributed by atoms with Crippen molar-refractivity contribution in [1.82, 2.24) is 19.9 Å². The van der Waals surface area contributed by atoms with Gasteiger partial charge in [-0.05, 0) is 43.9 Å². The Morgan fingerprint density at radius 2 is 1.93 bits per heavy atom. The zero-order chi connectivity index (χ0) is 18.9. The zero-order valence-electron chi connectivity index (χ0n) is 16.0. The normalized spacial score (nSPS) is 16.4. The van der Waals surface area contributed by atoms with Gasteiger partial charge in [0.1, 0.15) is 5.56 Å². The minimum Gasteiger partial charge on any atom is -0.351 e. The highest BCUT2D eigenvalue weighted by atomic mass is 16.1. The topological polar surface area (TPSA) is 59.3 Å². The SMILES string of the molecule is Cc1ccccc1C1(CNC(=O)c2c(C)nn3cccnc23)CCCCC1. The minimum atomic E-state index is -0.0836. The molecule has 0 bridgehead atoms. The van der Waals surface area contributed by atoms with Crippen LogP contribution in [0.1, 0.15) is 59.3 Å². The molecule has 27 heavy (non-hydrogen) atoms. The smallest absolute Gasteiger partial charge is 0.257 e. The molecule has 1 amide bonds. The van der Waals surface area contributed by atoms with Crippen LogP contribution in [0.2, 0.25) is 0 Å². The van der Waals surface area contributed by atoms with Crippen LogP contribution in [0.15, 0.2) is 42.7 Å². The van der Waals surface area contributed by atoms with Crippen molar-refractivity contribution in [3.63, 3.8) is 0 Å². The average molecular weight is 362 g/mol. The summed E-state index contributed by atoms with van der Waals surface area (Å²) in [5.74, 6) is -0.0836. The molecule has 1 fully saturated rings. The number of carbonyl (C=O) groups is 1. The van der Waals surface area contributed by atoms with Crippen LogP contribution in [-0.4, -0.2) is 27.0 Å². The predicted molar refractivity (Wildman–Crippen MR) is 106 cm³/mol. The number of hydrogen-bond acceptors (Lipinski definition) is 3. The van der Waals surface area contributed by atoms with E-state index in [0.29, 0.717) is 23.4 Å². The summed E-state index contributed by atoms with van der Waals surface area (Å²) < 4.78 is 1.67. The molecule has 2 aromatic heterocycles. The van der Waals surface area contributed by atoms with Gasteiger partial charge in [-0.3, -0.25) is 4.79 Å². The maximum absolute atomic E-state index is 13.0. The van der Waals surface area contributed by atoms with Gasteiger partial charge in [0.25, 0.3) is 5.91 Å². The van der Waals surface area contributed by atoms with Crippen molar-refractivity contribution in [2.45, 2.75) is 51.4 Å². The molecule has 1 aliphatic rings. The van der Waals surface area contributed by atoms with Gasteiger partial charge < -0.3 is 5.32 Å². The predicted octanol–water partition coefficient (Wildman–Crippen LogP) is 3.98. The van der Waals surface area contributed by atoms with Crippen LogP contribution in [0.4, 0.5) is 0 Å². The van der Waals surface area contributed by atoms with Gasteiger partial charge in [0.05, 0.1) is 5.69 Å². The molecule has 0 spiro atoms. The number of nitrogens with one attached hydrogen (secondary N) is 1. The first-order chi connectivity index (χ1) is 13.1. The maximum atomic E-state index is 13.0. The Bertz CT molecular complexity index is 969. The number of rotatable bonds is 4. The van der Waals surface area contributed by atoms with Gasteiger partial charge in [0, 0.05) is 24.4 Å². The lowest BCUT2D eigenvalue weighted by molar-refractivity contribution is 0.0937. The second-order valence-corrected chi connectivity index (χ2v) is 7.69. The summed E-state index contributed by atoms with van der Waals surface area (Å²) in [6.07, 6.45) is 9.45. The summed E-state index contributed by atoms with van der Waals surface area (Å²) in [5.41, 5.74) is 4.60. The Labute approximate surface area is 159 Å². The molecular formula is C22H26N4O. The van der Waals surface area contributed by atoms with Crippen molar-refractivity contribution in [3.05, 3.63) is 65.1 Å². The third kappa shape index (κ3) is 3.22. The number of aromatic nitrogens is 3. The first-order valence-electron chi connectivity index (χ1n) is 9.75. The molecule has 0 saturated heterocycles. The van der Waals surface area contributed by atoms with Gasteiger partial charge in [0.15, 0.2) is 5.65 Å². The number of hydrogen-bond donors (Lipinski definition) is 1. The van der Waals surface area contributed by atoms with Crippen molar-refractivity contribution < 1.29 is 4.79 Å². The highest BCUT2D eigenvalue weighted by molar-refractivity contribution is 6.01. The Hall–Kier alpha value is -2.69. The zero-order valence-corrected chi connectivity index (χ0v) is 16.0. The van der Waals surface area contributed by atoms with Crippen LogP contribution in [0, 0.1) is 13.8 Å². The number of fused-ring (bicyclic) bond motifs is 1. The molecule has 1 saturated carbocycles. The third-order valence-electron chi connectivity index (χ3n) is 5.91. The fourth-order valence-corrected chi connectivity index (χ4v) is 4.54. The lowest BCUT2D eigenvalue weighted by atomic mass is 9.68. The number of nitrogens with zero attached hydrogens (tertiary/aromatic N) is 3. The molecule has 5 nitrogen and oxygen atoms in total. The highest BCUT2D eigenvalue weighted by Crippen LogP contribution is 2.40. The lowest BCUT2D eigenvalue weighted by Gasteiger charge is -2.39. The van der Waals surface area contributed by atoms with Crippen molar-refractivity contribution in [2.24, 2.45) is 0 Å². The molecule has 4 rings (SSSR count). The number of amides is 1. The van der Waals surface area contributed by atoms with Crippen LogP contribution in [0.25, 0.3) is 5.65 Å². The van der Waals surface area contributed by atoms with Gasteiger partial charge in [-0.2, -0.15) is 5.10 Å². The molecule has 0 radical (unpaired) electrons. The van der Waals surface area contributed by atoms with E-state index in [1.807, 2.05) is 19.2 Å². The van der Waals surface area contributed by atoms with E-state index in [0.717, 1.165) is 12.8 Å². The van der Waals surface area contributed by atoms with Crippen molar-refractivity contribution in [3.8, 4) is 0 Å². The van der Waals surface area contributed by atoms with E-state index in [-0.39, 0.29) is 11.3 Å². The number of aryl methyl sites for hydroxylation is 2. The van der Waals surface area contributed by atoms with Gasteiger partial charge in [0.2, 0.25) is 0 Å². The fourth-order valence-electron chi connectivity index (χ4n) is 4.54. The summed E-state index contributed by atoms with van der Waals surface area (Å²) in [5, 5.41) is 7.63. The molecule has 0 unspecified atom stereocenters. The molecule has 1 N–H and O–H groups in total. The van der Waals surface area contributed by atoms with E-state index in [9.17, 15) is 4.79 Å². The van der Waals surface area contributed by atoms with Gasteiger partial charge in [-0.25, -0.2) is 9.50 Å². The van der Waals surface area contributed by atoms with Gasteiger partial charge >= 0.3 is 0 Å². The Balaban J connectivity index is 1.62. The third-order valence-corrected chi connectivity index (χ3v) is 5.91. The Morgan fingerprint density at radius 1 is 1.15 bits per heavy atom. The van der Waals surface area contributed by atoms with Gasteiger partial charge in [-0.15, -0.1) is 0 Å². The number of benzene rings is 1. The van der Waals surface area contributed by atoms with Crippen molar-refractivity contribution in [2.75, 3.05) is 6.54 Å². The second-order valence-electron chi connectivity index (χ2n) is 7.69. The van der Waals surface area contributed by atoms with Crippen LogP contribution in [0.5, 0.6) is 0 Å². The maximum Gasteiger partial charge on any atom is 0.257 e. The molecule has 1 aromatic carbocycles. The van der Waals surface area contributed by atoms with Crippen LogP contribution >= 0.6 is 0 Å². The van der Waals surface area contributed by atoms with E-state index in [4.69, 9.17) is 0 Å². The van der Waals surface area contributed by atoms with Crippen molar-refractivity contribution in [1.29, 1.82) is 0 Å².